The highest BCUT2D eigenvalue weighted by molar-refractivity contribution is 7.10. The van der Waals surface area contributed by atoms with E-state index in [0.29, 0.717) is 19.0 Å². The second-order valence-electron chi connectivity index (χ2n) is 8.09. The number of nitrogens with zero attached hydrogens (tertiary/aromatic N) is 3. The van der Waals surface area contributed by atoms with Crippen LogP contribution < -0.4 is 4.74 Å². The second-order valence-corrected chi connectivity index (χ2v) is 9.08. The molecule has 0 bridgehead atoms. The quantitative estimate of drug-likeness (QED) is 0.414. The summed E-state index contributed by atoms with van der Waals surface area (Å²) in [5.74, 6) is 0.329. The molecule has 32 heavy (non-hydrogen) atoms. The number of aromatic nitrogens is 2. The molecule has 0 spiro atoms. The third kappa shape index (κ3) is 4.84. The number of carbonyl (C=O) groups is 1. The summed E-state index contributed by atoms with van der Waals surface area (Å²) in [6.07, 6.45) is 5.70. The molecule has 0 aliphatic carbocycles. The number of carbonyl (C=O) groups excluding carboxylic acids is 1. The molecule has 1 aliphatic rings. The second kappa shape index (κ2) is 9.54. The van der Waals surface area contributed by atoms with Crippen molar-refractivity contribution in [2.45, 2.75) is 19.4 Å². The number of aromatic amines is 1. The first kappa shape index (κ1) is 20.7. The Morgan fingerprint density at radius 1 is 1.12 bits per heavy atom. The Bertz CT molecular complexity index is 1180. The molecule has 5 rings (SSSR count). The summed E-state index contributed by atoms with van der Waals surface area (Å²) in [4.78, 5) is 25.7. The van der Waals surface area contributed by atoms with Gasteiger partial charge in [-0.1, -0.05) is 12.1 Å². The van der Waals surface area contributed by atoms with Crippen molar-refractivity contribution in [1.29, 1.82) is 0 Å². The maximum Gasteiger partial charge on any atom is 0.416 e. The first-order valence-corrected chi connectivity index (χ1v) is 11.9. The molecule has 3 aromatic heterocycles. The van der Waals surface area contributed by atoms with Crippen LogP contribution in [0.15, 0.2) is 66.3 Å². The molecule has 1 saturated heterocycles. The highest BCUT2D eigenvalue weighted by Crippen LogP contribution is 2.29. The molecule has 0 unspecified atom stereocenters. The number of hydrogen-bond donors (Lipinski definition) is 1. The SMILES string of the molecule is O=C(Oc1ccccn1)N(CCN1CCCC1)Cc1cc(-c2ccc3[nH]ccc3c2)cs1. The van der Waals surface area contributed by atoms with E-state index in [1.54, 1.807) is 34.6 Å². The Morgan fingerprint density at radius 3 is 2.88 bits per heavy atom. The molecule has 1 aliphatic heterocycles. The lowest BCUT2D eigenvalue weighted by atomic mass is 10.1. The van der Waals surface area contributed by atoms with Gasteiger partial charge >= 0.3 is 6.09 Å². The summed E-state index contributed by atoms with van der Waals surface area (Å²) in [5.41, 5.74) is 3.49. The van der Waals surface area contributed by atoms with Crippen molar-refractivity contribution >= 4 is 28.3 Å². The number of H-pyrrole nitrogens is 1. The van der Waals surface area contributed by atoms with E-state index in [0.717, 1.165) is 30.0 Å². The summed E-state index contributed by atoms with van der Waals surface area (Å²) in [5, 5.41) is 3.35. The smallest absolute Gasteiger partial charge is 0.391 e. The molecule has 6 nitrogen and oxygen atoms in total. The number of nitrogens with one attached hydrogen (secondary N) is 1. The van der Waals surface area contributed by atoms with Gasteiger partial charge in [0.1, 0.15) is 0 Å². The van der Waals surface area contributed by atoms with Crippen molar-refractivity contribution in [2.24, 2.45) is 0 Å². The van der Waals surface area contributed by atoms with Crippen LogP contribution in [-0.2, 0) is 6.54 Å². The van der Waals surface area contributed by atoms with E-state index in [1.165, 1.54) is 29.4 Å². The Kier molecular flexibility index (Phi) is 6.18. The van der Waals surface area contributed by atoms with E-state index < -0.39 is 0 Å². The molecule has 1 fully saturated rings. The maximum atomic E-state index is 13.0. The standard InChI is InChI=1S/C25H26N4O2S/c30-25(31-24-5-1-2-9-27-24)29(14-13-28-11-3-4-12-28)17-22-16-21(18-32-22)19-6-7-23-20(15-19)8-10-26-23/h1-2,5-10,15-16,18,26H,3-4,11-14,17H2. The van der Waals surface area contributed by atoms with Crippen LogP contribution in [0.2, 0.25) is 0 Å². The monoisotopic (exact) mass is 446 g/mol. The molecule has 0 radical (unpaired) electrons. The van der Waals surface area contributed by atoms with Crippen molar-refractivity contribution in [1.82, 2.24) is 19.8 Å². The fraction of sp³-hybridized carbons (Fsp3) is 0.280. The lowest BCUT2D eigenvalue weighted by Gasteiger charge is -2.24. The van der Waals surface area contributed by atoms with Gasteiger partial charge in [0.15, 0.2) is 0 Å². The van der Waals surface area contributed by atoms with Crippen molar-refractivity contribution in [3.05, 3.63) is 71.2 Å². The van der Waals surface area contributed by atoms with Crippen LogP contribution in [0.25, 0.3) is 22.0 Å². The molecular weight excluding hydrogens is 420 g/mol. The van der Waals surface area contributed by atoms with Crippen molar-refractivity contribution < 1.29 is 9.53 Å². The van der Waals surface area contributed by atoms with Gasteiger partial charge in [0.2, 0.25) is 5.88 Å². The van der Waals surface area contributed by atoms with Gasteiger partial charge in [-0.3, -0.25) is 0 Å². The summed E-state index contributed by atoms with van der Waals surface area (Å²) >= 11 is 1.68. The third-order valence-corrected chi connectivity index (χ3v) is 6.78. The number of amides is 1. The van der Waals surface area contributed by atoms with Crippen LogP contribution in [0, 0.1) is 0 Å². The predicted molar refractivity (Wildman–Crippen MR) is 128 cm³/mol. The topological polar surface area (TPSA) is 61.5 Å². The highest BCUT2D eigenvalue weighted by atomic mass is 32.1. The average molecular weight is 447 g/mol. The van der Waals surface area contributed by atoms with E-state index in [1.807, 2.05) is 12.3 Å². The first-order valence-electron chi connectivity index (χ1n) is 11.0. The van der Waals surface area contributed by atoms with Gasteiger partial charge in [-0.15, -0.1) is 11.3 Å². The molecule has 164 valence electrons. The van der Waals surface area contributed by atoms with E-state index >= 15 is 0 Å². The Hall–Kier alpha value is -3.16. The van der Waals surface area contributed by atoms with Gasteiger partial charge in [-0.05, 0) is 78.2 Å². The molecular formula is C25H26N4O2S. The zero-order valence-electron chi connectivity index (χ0n) is 17.9. The Labute approximate surface area is 191 Å². The number of likely N-dealkylation sites (tertiary alicyclic amines) is 1. The maximum absolute atomic E-state index is 13.0. The number of fused-ring (bicyclic) bond motifs is 1. The van der Waals surface area contributed by atoms with Crippen molar-refractivity contribution in [2.75, 3.05) is 26.2 Å². The zero-order valence-corrected chi connectivity index (χ0v) is 18.7. The zero-order chi connectivity index (χ0) is 21.8. The first-order chi connectivity index (χ1) is 15.7. The van der Waals surface area contributed by atoms with Crippen LogP contribution >= 0.6 is 11.3 Å². The number of thiophene rings is 1. The average Bonchev–Trinajstić information content (AvgIpc) is 3.58. The van der Waals surface area contributed by atoms with Gasteiger partial charge < -0.3 is 19.5 Å². The number of hydrogen-bond acceptors (Lipinski definition) is 5. The largest absolute Gasteiger partial charge is 0.416 e. The van der Waals surface area contributed by atoms with Gasteiger partial charge in [-0.25, -0.2) is 9.78 Å². The number of pyridine rings is 1. The Morgan fingerprint density at radius 2 is 2.03 bits per heavy atom. The van der Waals surface area contributed by atoms with E-state index in [2.05, 4.69) is 50.6 Å². The lowest BCUT2D eigenvalue weighted by molar-refractivity contribution is 0.141. The van der Waals surface area contributed by atoms with Crippen LogP contribution in [0.4, 0.5) is 4.79 Å². The van der Waals surface area contributed by atoms with Crippen LogP contribution in [0.1, 0.15) is 17.7 Å². The summed E-state index contributed by atoms with van der Waals surface area (Å²) in [7, 11) is 0. The molecule has 0 saturated carbocycles. The molecule has 7 heteroatoms. The van der Waals surface area contributed by atoms with Crippen LogP contribution in [0.3, 0.4) is 0 Å². The molecule has 0 atom stereocenters. The van der Waals surface area contributed by atoms with E-state index in [-0.39, 0.29) is 6.09 Å². The van der Waals surface area contributed by atoms with Crippen LogP contribution in [-0.4, -0.2) is 52.0 Å². The number of rotatable bonds is 7. The van der Waals surface area contributed by atoms with Crippen molar-refractivity contribution in [3.63, 3.8) is 0 Å². The molecule has 1 amide bonds. The van der Waals surface area contributed by atoms with Gasteiger partial charge in [-0.2, -0.15) is 0 Å². The third-order valence-electron chi connectivity index (χ3n) is 5.86. The van der Waals surface area contributed by atoms with Gasteiger partial charge in [0.05, 0.1) is 6.54 Å². The van der Waals surface area contributed by atoms with E-state index in [9.17, 15) is 4.79 Å². The summed E-state index contributed by atoms with van der Waals surface area (Å²) in [6, 6.07) is 16.0. The Balaban J connectivity index is 1.31. The molecule has 1 N–H and O–H groups in total. The lowest BCUT2D eigenvalue weighted by Crippen LogP contribution is -2.39. The predicted octanol–water partition coefficient (Wildman–Crippen LogP) is 5.39. The van der Waals surface area contributed by atoms with Gasteiger partial charge in [0, 0.05) is 41.9 Å². The number of ether oxygens (including phenoxy) is 1. The van der Waals surface area contributed by atoms with E-state index in [4.69, 9.17) is 4.74 Å². The minimum Gasteiger partial charge on any atom is -0.391 e. The minimum atomic E-state index is -0.355. The minimum absolute atomic E-state index is 0.329. The highest BCUT2D eigenvalue weighted by Gasteiger charge is 2.20. The molecule has 1 aromatic carbocycles. The molecule has 4 aromatic rings. The normalized spacial score (nSPS) is 14.1. The number of benzene rings is 1. The van der Waals surface area contributed by atoms with Gasteiger partial charge in [0.25, 0.3) is 0 Å². The fourth-order valence-corrected chi connectivity index (χ4v) is 5.01. The van der Waals surface area contributed by atoms with Crippen molar-refractivity contribution in [3.8, 4) is 17.0 Å². The van der Waals surface area contributed by atoms with Crippen LogP contribution in [0.5, 0.6) is 5.88 Å². The summed E-state index contributed by atoms with van der Waals surface area (Å²) in [6.45, 7) is 4.23. The molecule has 4 heterocycles. The fourth-order valence-electron chi connectivity index (χ4n) is 4.10. The summed E-state index contributed by atoms with van der Waals surface area (Å²) < 4.78 is 5.55.